The maximum atomic E-state index is 10.7. The first kappa shape index (κ1) is 24.3. The fraction of sp³-hybridized carbons (Fsp3) is 0.652. The smallest absolute Gasteiger partial charge is 0.0943 e. The van der Waals surface area contributed by atoms with E-state index >= 15 is 0 Å². The maximum Gasteiger partial charge on any atom is 0.0943 e. The van der Waals surface area contributed by atoms with Crippen molar-refractivity contribution < 1.29 is 5.11 Å². The Kier molecular flexibility index (Phi) is 9.45. The van der Waals surface area contributed by atoms with Crippen molar-refractivity contribution >= 4 is 45.2 Å². The average molecular weight is 582 g/mol. The molecule has 1 aliphatic carbocycles. The summed E-state index contributed by atoms with van der Waals surface area (Å²) in [7, 11) is 0. The van der Waals surface area contributed by atoms with Gasteiger partial charge < -0.3 is 5.11 Å². The maximum absolute atomic E-state index is 10.7. The summed E-state index contributed by atoms with van der Waals surface area (Å²) >= 11 is 5.07. The van der Waals surface area contributed by atoms with Crippen LogP contribution in [0.3, 0.4) is 0 Å². The molecule has 3 heteroatoms. The first-order valence-electron chi connectivity index (χ1n) is 9.82. The third-order valence-electron chi connectivity index (χ3n) is 5.75. The Morgan fingerprint density at radius 1 is 1.38 bits per heavy atom. The number of aliphatic hydroxyl groups is 1. The molecule has 1 aliphatic rings. The molecule has 26 heavy (non-hydrogen) atoms. The van der Waals surface area contributed by atoms with Gasteiger partial charge in [0.05, 0.1) is 5.76 Å². The lowest BCUT2D eigenvalue weighted by Gasteiger charge is -2.51. The van der Waals surface area contributed by atoms with Crippen molar-refractivity contribution in [3.63, 3.8) is 0 Å². The highest BCUT2D eigenvalue weighted by molar-refractivity contribution is 14.1. The predicted molar refractivity (Wildman–Crippen MR) is 133 cm³/mol. The summed E-state index contributed by atoms with van der Waals surface area (Å²) in [5, 5.41) is 10.7. The zero-order chi connectivity index (χ0) is 20.1. The molecule has 0 radical (unpaired) electrons. The topological polar surface area (TPSA) is 20.2 Å². The van der Waals surface area contributed by atoms with Crippen LogP contribution < -0.4 is 0 Å². The number of rotatable bonds is 8. The Balaban J connectivity index is 3.36. The first-order chi connectivity index (χ1) is 12.0. The van der Waals surface area contributed by atoms with E-state index in [0.29, 0.717) is 11.7 Å². The Morgan fingerprint density at radius 3 is 2.50 bits per heavy atom. The van der Waals surface area contributed by atoms with Crippen LogP contribution in [0.2, 0.25) is 0 Å². The van der Waals surface area contributed by atoms with Crippen molar-refractivity contribution in [2.75, 3.05) is 0 Å². The second-order valence-electron chi connectivity index (χ2n) is 8.28. The van der Waals surface area contributed by atoms with E-state index < -0.39 is 0 Å². The molecule has 0 saturated carbocycles. The standard InChI is InChI=1S/C23H36I2O/c1-8-9-10-11-17(4)14-20(24)21(19(6)26)22(7)15-18(5)12-13-23(22,25)16(2)3/h14-16,26H,4,8-13H2,1-3,5-7H3/b20-14+,21-19-/t22-,23+/m0/s1. The van der Waals surface area contributed by atoms with Crippen molar-refractivity contribution in [1.29, 1.82) is 0 Å². The summed E-state index contributed by atoms with van der Waals surface area (Å²) in [6.45, 7) is 17.5. The van der Waals surface area contributed by atoms with Crippen LogP contribution in [0, 0.1) is 11.3 Å². The number of hydrogen-bond donors (Lipinski definition) is 1. The molecular weight excluding hydrogens is 546 g/mol. The number of halogens is 2. The van der Waals surface area contributed by atoms with E-state index in [2.05, 4.69) is 98.5 Å². The van der Waals surface area contributed by atoms with Gasteiger partial charge in [0.2, 0.25) is 0 Å². The molecule has 1 N–H and O–H groups in total. The van der Waals surface area contributed by atoms with Gasteiger partial charge in [0, 0.05) is 18.0 Å². The Bertz CT molecular complexity index is 608. The van der Waals surface area contributed by atoms with Gasteiger partial charge in [0.25, 0.3) is 0 Å². The van der Waals surface area contributed by atoms with Crippen LogP contribution in [0.1, 0.15) is 80.1 Å². The molecule has 1 rings (SSSR count). The molecule has 0 aromatic rings. The van der Waals surface area contributed by atoms with E-state index in [0.717, 1.165) is 34.0 Å². The minimum absolute atomic E-state index is 0.0808. The Morgan fingerprint density at radius 2 is 2.00 bits per heavy atom. The molecule has 0 bridgehead atoms. The number of unbranched alkanes of at least 4 members (excludes halogenated alkanes) is 2. The lowest BCUT2D eigenvalue weighted by Crippen LogP contribution is -2.48. The molecule has 0 spiro atoms. The van der Waals surface area contributed by atoms with E-state index in [4.69, 9.17) is 0 Å². The second-order valence-corrected chi connectivity index (χ2v) is 11.4. The molecule has 148 valence electrons. The number of alkyl halides is 1. The minimum atomic E-state index is -0.195. The molecule has 0 aromatic carbocycles. The second kappa shape index (κ2) is 10.1. The van der Waals surface area contributed by atoms with Crippen LogP contribution in [-0.4, -0.2) is 8.53 Å². The first-order valence-corrected chi connectivity index (χ1v) is 12.0. The SMILES string of the molecule is C=C(/C=C(I)\C(=C(/C)O)[C@]1(C)C=C(C)CC[C@@]1(I)C(C)C)CCCCC. The fourth-order valence-electron chi connectivity index (χ4n) is 4.21. The fourth-order valence-corrected chi connectivity index (χ4v) is 6.30. The quantitative estimate of drug-likeness (QED) is 0.0758. The Labute approximate surface area is 188 Å². The van der Waals surface area contributed by atoms with E-state index in [9.17, 15) is 5.11 Å². The molecule has 0 saturated heterocycles. The molecule has 0 fully saturated rings. The lowest BCUT2D eigenvalue weighted by atomic mass is 9.61. The molecule has 0 aliphatic heterocycles. The molecular formula is C23H36I2O. The molecule has 2 atom stereocenters. The molecule has 0 heterocycles. The minimum Gasteiger partial charge on any atom is -0.512 e. The Hall–Kier alpha value is 0.220. The third kappa shape index (κ3) is 5.39. The summed E-state index contributed by atoms with van der Waals surface area (Å²) < 4.78 is 1.21. The predicted octanol–water partition coefficient (Wildman–Crippen LogP) is 8.85. The monoisotopic (exact) mass is 582 g/mol. The van der Waals surface area contributed by atoms with Gasteiger partial charge in [-0.15, -0.1) is 0 Å². The van der Waals surface area contributed by atoms with Crippen molar-refractivity contribution in [3.05, 3.63) is 44.8 Å². The van der Waals surface area contributed by atoms with Crippen LogP contribution in [-0.2, 0) is 0 Å². The third-order valence-corrected chi connectivity index (χ3v) is 9.51. The van der Waals surface area contributed by atoms with Gasteiger partial charge in [0.1, 0.15) is 0 Å². The summed E-state index contributed by atoms with van der Waals surface area (Å²) in [6, 6.07) is 0. The van der Waals surface area contributed by atoms with E-state index in [1.54, 1.807) is 0 Å². The summed E-state index contributed by atoms with van der Waals surface area (Å²) in [6.07, 6.45) is 11.6. The van der Waals surface area contributed by atoms with Crippen molar-refractivity contribution in [3.8, 4) is 0 Å². The van der Waals surface area contributed by atoms with Crippen molar-refractivity contribution in [2.24, 2.45) is 11.3 Å². The summed E-state index contributed by atoms with van der Waals surface area (Å²) in [5.74, 6) is 0.950. The normalized spacial score (nSPS) is 28.0. The van der Waals surface area contributed by atoms with Crippen molar-refractivity contribution in [1.82, 2.24) is 0 Å². The van der Waals surface area contributed by atoms with E-state index in [1.165, 1.54) is 24.8 Å². The van der Waals surface area contributed by atoms with Crippen LogP contribution in [0.4, 0.5) is 0 Å². The number of hydrogen-bond acceptors (Lipinski definition) is 1. The largest absolute Gasteiger partial charge is 0.512 e. The summed E-state index contributed by atoms with van der Waals surface area (Å²) in [5.41, 5.74) is 3.45. The molecule has 1 nitrogen and oxygen atoms in total. The van der Waals surface area contributed by atoms with Gasteiger partial charge in [0.15, 0.2) is 0 Å². The molecule has 0 amide bonds. The van der Waals surface area contributed by atoms with E-state index in [-0.39, 0.29) is 8.84 Å². The van der Waals surface area contributed by atoms with E-state index in [1.807, 2.05) is 6.92 Å². The number of aliphatic hydroxyl groups excluding tert-OH is 1. The van der Waals surface area contributed by atoms with Crippen LogP contribution in [0.5, 0.6) is 0 Å². The molecule has 0 aromatic heterocycles. The lowest BCUT2D eigenvalue weighted by molar-refractivity contribution is 0.254. The number of allylic oxidation sites excluding steroid dienone is 7. The van der Waals surface area contributed by atoms with Crippen LogP contribution in [0.15, 0.2) is 44.8 Å². The average Bonchev–Trinajstić information content (AvgIpc) is 2.50. The van der Waals surface area contributed by atoms with Crippen LogP contribution in [0.25, 0.3) is 0 Å². The highest BCUT2D eigenvalue weighted by atomic mass is 127. The van der Waals surface area contributed by atoms with Crippen molar-refractivity contribution in [2.45, 2.75) is 83.5 Å². The summed E-state index contributed by atoms with van der Waals surface area (Å²) in [4.78, 5) is 0. The van der Waals surface area contributed by atoms with Gasteiger partial charge in [-0.3, -0.25) is 0 Å². The van der Waals surface area contributed by atoms with Crippen LogP contribution >= 0.6 is 45.2 Å². The highest BCUT2D eigenvalue weighted by Crippen LogP contribution is 2.59. The van der Waals surface area contributed by atoms with Gasteiger partial charge in [-0.2, -0.15) is 0 Å². The zero-order valence-corrected chi connectivity index (χ0v) is 21.7. The zero-order valence-electron chi connectivity index (χ0n) is 17.4. The van der Waals surface area contributed by atoms with Gasteiger partial charge in [-0.1, -0.05) is 86.9 Å². The van der Waals surface area contributed by atoms with Gasteiger partial charge in [-0.25, -0.2) is 0 Å². The van der Waals surface area contributed by atoms with Gasteiger partial charge >= 0.3 is 0 Å². The highest BCUT2D eigenvalue weighted by Gasteiger charge is 2.52. The molecule has 0 unspecified atom stereocenters. The van der Waals surface area contributed by atoms with Gasteiger partial charge in [-0.05, 0) is 74.1 Å².